The van der Waals surface area contributed by atoms with Crippen LogP contribution in [0.4, 0.5) is 4.79 Å². The molecule has 0 bridgehead atoms. The molecule has 2 heterocycles. The number of piperidine rings is 1. The molecule has 104 valence electrons. The number of carbonyl (C=O) groups excluding carboxylic acids is 1. The molecule has 18 heavy (non-hydrogen) atoms. The van der Waals surface area contributed by atoms with Crippen LogP contribution in [0.25, 0.3) is 0 Å². The number of carbonyl (C=O) groups is 1. The first-order chi connectivity index (χ1) is 8.79. The minimum atomic E-state index is -0.167. The van der Waals surface area contributed by atoms with Crippen molar-refractivity contribution in [1.82, 2.24) is 10.2 Å². The molecule has 2 fully saturated rings. The van der Waals surface area contributed by atoms with E-state index in [1.165, 1.54) is 6.42 Å². The van der Waals surface area contributed by atoms with E-state index >= 15 is 0 Å². The average molecular weight is 256 g/mol. The molecule has 0 aromatic rings. The zero-order valence-electron chi connectivity index (χ0n) is 11.2. The lowest BCUT2D eigenvalue weighted by Gasteiger charge is -2.32. The number of amides is 1. The molecule has 5 heteroatoms. The first-order valence-corrected chi connectivity index (χ1v) is 7.02. The Balaban J connectivity index is 1.62. The van der Waals surface area contributed by atoms with Crippen molar-refractivity contribution in [2.24, 2.45) is 5.92 Å². The van der Waals surface area contributed by atoms with Crippen molar-refractivity contribution >= 4 is 6.09 Å². The maximum atomic E-state index is 11.5. The molecule has 2 aliphatic heterocycles. The highest BCUT2D eigenvalue weighted by atomic mass is 16.6. The van der Waals surface area contributed by atoms with Crippen LogP contribution in [0.1, 0.15) is 26.2 Å². The van der Waals surface area contributed by atoms with Crippen LogP contribution in [0.15, 0.2) is 0 Å². The van der Waals surface area contributed by atoms with E-state index in [2.05, 4.69) is 5.32 Å². The third kappa shape index (κ3) is 3.85. The summed E-state index contributed by atoms with van der Waals surface area (Å²) in [5.74, 6) is 0.674. The standard InChI is InChI=1S/C13H24N2O3/c1-2-18-13(16)15-6-3-12(4-7-15)14-9-11-5-8-17-10-11/h11-12,14H,2-10H2,1H3. The van der Waals surface area contributed by atoms with E-state index in [4.69, 9.17) is 9.47 Å². The number of likely N-dealkylation sites (tertiary alicyclic amines) is 1. The number of rotatable bonds is 4. The Kier molecular flexibility index (Phi) is 5.26. The van der Waals surface area contributed by atoms with E-state index in [0.717, 1.165) is 45.7 Å². The molecule has 2 saturated heterocycles. The van der Waals surface area contributed by atoms with Gasteiger partial charge in [-0.2, -0.15) is 0 Å². The van der Waals surface area contributed by atoms with Crippen LogP contribution in [0.2, 0.25) is 0 Å². The molecule has 0 aromatic heterocycles. The van der Waals surface area contributed by atoms with Crippen molar-refractivity contribution < 1.29 is 14.3 Å². The van der Waals surface area contributed by atoms with Crippen LogP contribution in [0.5, 0.6) is 0 Å². The van der Waals surface area contributed by atoms with Gasteiger partial charge in [0.2, 0.25) is 0 Å². The summed E-state index contributed by atoms with van der Waals surface area (Å²) in [5.41, 5.74) is 0. The second kappa shape index (κ2) is 6.95. The summed E-state index contributed by atoms with van der Waals surface area (Å²) < 4.78 is 10.4. The minimum absolute atomic E-state index is 0.167. The third-order valence-corrected chi connectivity index (χ3v) is 3.74. The van der Waals surface area contributed by atoms with Crippen LogP contribution in [-0.4, -0.2) is 56.5 Å². The van der Waals surface area contributed by atoms with Crippen LogP contribution >= 0.6 is 0 Å². The maximum absolute atomic E-state index is 11.5. The summed E-state index contributed by atoms with van der Waals surface area (Å²) in [6.45, 7) is 6.76. The molecule has 0 radical (unpaired) electrons. The first kappa shape index (κ1) is 13.6. The fraction of sp³-hybridized carbons (Fsp3) is 0.923. The predicted octanol–water partition coefficient (Wildman–Crippen LogP) is 1.23. The molecule has 1 amide bonds. The second-order valence-electron chi connectivity index (χ2n) is 5.10. The van der Waals surface area contributed by atoms with E-state index in [1.807, 2.05) is 6.92 Å². The van der Waals surface area contributed by atoms with Gasteiger partial charge < -0.3 is 19.7 Å². The molecular formula is C13H24N2O3. The second-order valence-corrected chi connectivity index (χ2v) is 5.10. The molecule has 1 unspecified atom stereocenters. The van der Waals surface area contributed by atoms with Gasteiger partial charge in [0.1, 0.15) is 0 Å². The molecule has 0 saturated carbocycles. The highest BCUT2D eigenvalue weighted by Gasteiger charge is 2.24. The van der Waals surface area contributed by atoms with Crippen molar-refractivity contribution in [2.75, 3.05) is 39.5 Å². The first-order valence-electron chi connectivity index (χ1n) is 7.02. The zero-order valence-corrected chi connectivity index (χ0v) is 11.2. The lowest BCUT2D eigenvalue weighted by molar-refractivity contribution is 0.0946. The van der Waals surface area contributed by atoms with Crippen molar-refractivity contribution in [3.63, 3.8) is 0 Å². The van der Waals surface area contributed by atoms with Crippen LogP contribution in [-0.2, 0) is 9.47 Å². The Labute approximate surface area is 109 Å². The fourth-order valence-corrected chi connectivity index (χ4v) is 2.56. The van der Waals surface area contributed by atoms with E-state index in [-0.39, 0.29) is 6.09 Å². The summed E-state index contributed by atoms with van der Waals surface area (Å²) in [7, 11) is 0. The summed E-state index contributed by atoms with van der Waals surface area (Å²) in [5, 5.41) is 3.60. The van der Waals surface area contributed by atoms with Gasteiger partial charge in [-0.05, 0) is 32.1 Å². The number of ether oxygens (including phenoxy) is 2. The normalized spacial score (nSPS) is 25.4. The van der Waals surface area contributed by atoms with Crippen molar-refractivity contribution in [2.45, 2.75) is 32.2 Å². The highest BCUT2D eigenvalue weighted by molar-refractivity contribution is 5.67. The molecule has 1 N–H and O–H groups in total. The van der Waals surface area contributed by atoms with Crippen molar-refractivity contribution in [3.8, 4) is 0 Å². The summed E-state index contributed by atoms with van der Waals surface area (Å²) in [6.07, 6.45) is 3.05. The third-order valence-electron chi connectivity index (χ3n) is 3.74. The Morgan fingerprint density at radius 3 is 2.78 bits per heavy atom. The van der Waals surface area contributed by atoms with Gasteiger partial charge in [0.25, 0.3) is 0 Å². The molecule has 0 aliphatic carbocycles. The Hall–Kier alpha value is -0.810. The monoisotopic (exact) mass is 256 g/mol. The molecule has 0 spiro atoms. The zero-order chi connectivity index (χ0) is 12.8. The summed E-state index contributed by atoms with van der Waals surface area (Å²) in [4.78, 5) is 13.3. The van der Waals surface area contributed by atoms with Gasteiger partial charge in [0.05, 0.1) is 13.2 Å². The van der Waals surface area contributed by atoms with Crippen molar-refractivity contribution in [3.05, 3.63) is 0 Å². The highest BCUT2D eigenvalue weighted by Crippen LogP contribution is 2.14. The molecule has 1 atom stereocenters. The topological polar surface area (TPSA) is 50.8 Å². The predicted molar refractivity (Wildman–Crippen MR) is 68.5 cm³/mol. The minimum Gasteiger partial charge on any atom is -0.450 e. The lowest BCUT2D eigenvalue weighted by atomic mass is 10.0. The van der Waals surface area contributed by atoms with Gasteiger partial charge in [-0.25, -0.2) is 4.79 Å². The van der Waals surface area contributed by atoms with E-state index in [1.54, 1.807) is 4.90 Å². The van der Waals surface area contributed by atoms with Gasteiger partial charge in [-0.3, -0.25) is 0 Å². The molecule has 2 aliphatic rings. The maximum Gasteiger partial charge on any atom is 0.409 e. The number of nitrogens with one attached hydrogen (secondary N) is 1. The average Bonchev–Trinajstić information content (AvgIpc) is 2.90. The van der Waals surface area contributed by atoms with E-state index < -0.39 is 0 Å². The molecular weight excluding hydrogens is 232 g/mol. The summed E-state index contributed by atoms with van der Waals surface area (Å²) in [6, 6.07) is 0.538. The fourth-order valence-electron chi connectivity index (χ4n) is 2.56. The van der Waals surface area contributed by atoms with E-state index in [0.29, 0.717) is 18.6 Å². The van der Waals surface area contributed by atoms with Gasteiger partial charge in [-0.15, -0.1) is 0 Å². The largest absolute Gasteiger partial charge is 0.450 e. The van der Waals surface area contributed by atoms with E-state index in [9.17, 15) is 4.79 Å². The van der Waals surface area contributed by atoms with Gasteiger partial charge in [-0.1, -0.05) is 0 Å². The SMILES string of the molecule is CCOC(=O)N1CCC(NCC2CCOC2)CC1. The number of nitrogens with zero attached hydrogens (tertiary/aromatic N) is 1. The Morgan fingerprint density at radius 2 is 2.17 bits per heavy atom. The Bertz CT molecular complexity index is 259. The van der Waals surface area contributed by atoms with Gasteiger partial charge >= 0.3 is 6.09 Å². The van der Waals surface area contributed by atoms with Crippen LogP contribution in [0.3, 0.4) is 0 Å². The molecule has 5 nitrogen and oxygen atoms in total. The quantitative estimate of drug-likeness (QED) is 0.822. The number of hydrogen-bond acceptors (Lipinski definition) is 4. The van der Waals surface area contributed by atoms with Gasteiger partial charge in [0.15, 0.2) is 0 Å². The molecule has 0 aromatic carbocycles. The van der Waals surface area contributed by atoms with Crippen molar-refractivity contribution in [1.29, 1.82) is 0 Å². The smallest absolute Gasteiger partial charge is 0.409 e. The lowest BCUT2D eigenvalue weighted by Crippen LogP contribution is -2.46. The van der Waals surface area contributed by atoms with Crippen LogP contribution < -0.4 is 5.32 Å². The number of hydrogen-bond donors (Lipinski definition) is 1. The Morgan fingerprint density at radius 1 is 1.39 bits per heavy atom. The molecule has 2 rings (SSSR count). The summed E-state index contributed by atoms with van der Waals surface area (Å²) >= 11 is 0. The van der Waals surface area contributed by atoms with Crippen LogP contribution in [0, 0.1) is 5.92 Å². The van der Waals surface area contributed by atoms with Gasteiger partial charge in [0, 0.05) is 32.3 Å².